The molecule has 1 rings (SSSR count). The molecule has 4 nitrogen and oxygen atoms in total. The van der Waals surface area contributed by atoms with E-state index in [9.17, 15) is 14.3 Å². The molecule has 0 aliphatic carbocycles. The molecule has 17 heavy (non-hydrogen) atoms. The third-order valence-electron chi connectivity index (χ3n) is 2.19. The highest BCUT2D eigenvalue weighted by molar-refractivity contribution is 7.98. The van der Waals surface area contributed by atoms with Gasteiger partial charge in [0.25, 0.3) is 0 Å². The largest absolute Gasteiger partial charge is 0.495 e. The molecule has 1 unspecified atom stereocenters. The molecule has 0 bridgehead atoms. The topological polar surface area (TPSA) is 55.8 Å². The van der Waals surface area contributed by atoms with E-state index in [1.165, 1.54) is 24.9 Å². The second kappa shape index (κ2) is 5.88. The molecule has 1 atom stereocenters. The summed E-state index contributed by atoms with van der Waals surface area (Å²) in [5.74, 6) is -1.13. The number of carbonyl (C=O) groups excluding carboxylic acids is 1. The summed E-state index contributed by atoms with van der Waals surface area (Å²) < 4.78 is 22.8. The van der Waals surface area contributed by atoms with E-state index < -0.39 is 17.9 Å². The van der Waals surface area contributed by atoms with E-state index in [1.807, 2.05) is 0 Å². The fourth-order valence-corrected chi connectivity index (χ4v) is 2.02. The van der Waals surface area contributed by atoms with Crippen LogP contribution < -0.4 is 4.74 Å². The Hall–Kier alpha value is -1.27. The molecule has 0 saturated carbocycles. The van der Waals surface area contributed by atoms with Gasteiger partial charge in [0.15, 0.2) is 6.10 Å². The van der Waals surface area contributed by atoms with Crippen LogP contribution in [0.2, 0.25) is 0 Å². The summed E-state index contributed by atoms with van der Waals surface area (Å²) in [5, 5.41) is 9.71. The lowest BCUT2D eigenvalue weighted by atomic mass is 10.1. The van der Waals surface area contributed by atoms with Gasteiger partial charge in [0.2, 0.25) is 0 Å². The lowest BCUT2D eigenvalue weighted by Gasteiger charge is -2.15. The average Bonchev–Trinajstić information content (AvgIpc) is 2.35. The van der Waals surface area contributed by atoms with Crippen molar-refractivity contribution in [1.29, 1.82) is 0 Å². The number of halogens is 1. The van der Waals surface area contributed by atoms with Gasteiger partial charge in [-0.15, -0.1) is 11.8 Å². The number of rotatable bonds is 4. The Morgan fingerprint density at radius 3 is 2.59 bits per heavy atom. The van der Waals surface area contributed by atoms with Crippen molar-refractivity contribution in [3.8, 4) is 5.75 Å². The Bertz CT molecular complexity index is 422. The molecule has 1 aromatic rings. The predicted molar refractivity (Wildman–Crippen MR) is 61.7 cm³/mol. The minimum atomic E-state index is -1.56. The molecular formula is C11H13FO4S. The van der Waals surface area contributed by atoms with E-state index in [2.05, 4.69) is 4.74 Å². The second-order valence-corrected chi connectivity index (χ2v) is 4.00. The van der Waals surface area contributed by atoms with Crippen LogP contribution in [0.4, 0.5) is 4.39 Å². The number of methoxy groups -OCH3 is 2. The number of hydrogen-bond donors (Lipinski definition) is 1. The molecule has 1 N–H and O–H groups in total. The number of aliphatic hydroxyl groups excluding tert-OH is 1. The summed E-state index contributed by atoms with van der Waals surface area (Å²) in [6, 6.07) is 2.33. The first-order valence-electron chi connectivity index (χ1n) is 4.72. The van der Waals surface area contributed by atoms with Crippen LogP contribution in [0.1, 0.15) is 11.7 Å². The zero-order valence-electron chi connectivity index (χ0n) is 9.69. The molecule has 0 aliphatic heterocycles. The molecule has 94 valence electrons. The third kappa shape index (κ3) is 2.89. The van der Waals surface area contributed by atoms with Crippen LogP contribution in [0.15, 0.2) is 17.0 Å². The Morgan fingerprint density at radius 2 is 2.12 bits per heavy atom. The minimum absolute atomic E-state index is 0.0590. The molecule has 0 amide bonds. The highest BCUT2D eigenvalue weighted by Crippen LogP contribution is 2.35. The number of benzene rings is 1. The smallest absolute Gasteiger partial charge is 0.339 e. The van der Waals surface area contributed by atoms with Gasteiger partial charge in [0, 0.05) is 5.56 Å². The van der Waals surface area contributed by atoms with Gasteiger partial charge in [-0.3, -0.25) is 0 Å². The van der Waals surface area contributed by atoms with Gasteiger partial charge in [-0.2, -0.15) is 0 Å². The molecule has 0 aliphatic rings. The van der Waals surface area contributed by atoms with Gasteiger partial charge in [-0.1, -0.05) is 0 Å². The normalized spacial score (nSPS) is 12.1. The fraction of sp³-hybridized carbons (Fsp3) is 0.364. The number of carbonyl (C=O) groups is 1. The lowest BCUT2D eigenvalue weighted by Crippen LogP contribution is -2.15. The summed E-state index contributed by atoms with van der Waals surface area (Å²) in [6.07, 6.45) is 0.183. The number of thioether (sulfide) groups is 1. The minimum Gasteiger partial charge on any atom is -0.495 e. The summed E-state index contributed by atoms with van der Waals surface area (Å²) >= 11 is 1.26. The van der Waals surface area contributed by atoms with Crippen molar-refractivity contribution in [3.05, 3.63) is 23.5 Å². The summed E-state index contributed by atoms with van der Waals surface area (Å²) in [5.41, 5.74) is 0.0590. The molecule has 0 spiro atoms. The van der Waals surface area contributed by atoms with Gasteiger partial charge in [-0.05, 0) is 18.4 Å². The third-order valence-corrected chi connectivity index (χ3v) is 2.93. The fourth-order valence-electron chi connectivity index (χ4n) is 1.40. The summed E-state index contributed by atoms with van der Waals surface area (Å²) in [7, 11) is 2.53. The van der Waals surface area contributed by atoms with Gasteiger partial charge in [-0.25, -0.2) is 9.18 Å². The van der Waals surface area contributed by atoms with Crippen molar-refractivity contribution in [1.82, 2.24) is 0 Å². The monoisotopic (exact) mass is 260 g/mol. The first-order chi connectivity index (χ1) is 8.04. The van der Waals surface area contributed by atoms with Crippen molar-refractivity contribution in [2.24, 2.45) is 0 Å². The van der Waals surface area contributed by atoms with Crippen LogP contribution in [-0.4, -0.2) is 31.6 Å². The number of esters is 1. The summed E-state index contributed by atoms with van der Waals surface area (Å²) in [4.78, 5) is 11.7. The standard InChI is InChI=1S/C11H13FO4S/c1-15-10-7(9(13)11(14)16-2)4-6(12)5-8(10)17-3/h4-5,9,13H,1-3H3. The first kappa shape index (κ1) is 13.8. The zero-order valence-corrected chi connectivity index (χ0v) is 10.5. The maximum Gasteiger partial charge on any atom is 0.339 e. The van der Waals surface area contributed by atoms with Crippen molar-refractivity contribution >= 4 is 17.7 Å². The highest BCUT2D eigenvalue weighted by atomic mass is 32.2. The summed E-state index contributed by atoms with van der Waals surface area (Å²) in [6.45, 7) is 0. The van der Waals surface area contributed by atoms with Gasteiger partial charge in [0.05, 0.1) is 19.1 Å². The Kier molecular flexibility index (Phi) is 4.77. The van der Waals surface area contributed by atoms with Crippen LogP contribution >= 0.6 is 11.8 Å². The first-order valence-corrected chi connectivity index (χ1v) is 5.95. The van der Waals surface area contributed by atoms with E-state index >= 15 is 0 Å². The Balaban J connectivity index is 3.30. The lowest BCUT2D eigenvalue weighted by molar-refractivity contribution is -0.150. The van der Waals surface area contributed by atoms with Crippen molar-refractivity contribution in [3.63, 3.8) is 0 Å². The zero-order chi connectivity index (χ0) is 13.0. The molecule has 0 aromatic heterocycles. The molecular weight excluding hydrogens is 247 g/mol. The van der Waals surface area contributed by atoms with Gasteiger partial charge in [0.1, 0.15) is 11.6 Å². The van der Waals surface area contributed by atoms with Crippen LogP contribution in [0.5, 0.6) is 5.75 Å². The number of ether oxygens (including phenoxy) is 2. The SMILES string of the molecule is COC(=O)C(O)c1cc(F)cc(SC)c1OC. The molecule has 1 aromatic carbocycles. The quantitative estimate of drug-likeness (QED) is 0.660. The molecule has 0 radical (unpaired) electrons. The van der Waals surface area contributed by atoms with Crippen LogP contribution in [0.3, 0.4) is 0 Å². The molecule has 0 heterocycles. The van der Waals surface area contributed by atoms with Crippen molar-refractivity contribution < 1.29 is 23.8 Å². The molecule has 6 heteroatoms. The highest BCUT2D eigenvalue weighted by Gasteiger charge is 2.24. The van der Waals surface area contributed by atoms with E-state index in [0.717, 1.165) is 13.2 Å². The maximum atomic E-state index is 13.3. The molecule has 0 saturated heterocycles. The number of hydrogen-bond acceptors (Lipinski definition) is 5. The van der Waals surface area contributed by atoms with Crippen molar-refractivity contribution in [2.45, 2.75) is 11.0 Å². The van der Waals surface area contributed by atoms with Gasteiger partial charge >= 0.3 is 5.97 Å². The van der Waals surface area contributed by atoms with Crippen LogP contribution in [0, 0.1) is 5.82 Å². The van der Waals surface area contributed by atoms with Crippen molar-refractivity contribution in [2.75, 3.05) is 20.5 Å². The van der Waals surface area contributed by atoms with Crippen LogP contribution in [0.25, 0.3) is 0 Å². The van der Waals surface area contributed by atoms with E-state index in [4.69, 9.17) is 4.74 Å². The van der Waals surface area contributed by atoms with E-state index in [1.54, 1.807) is 6.26 Å². The average molecular weight is 260 g/mol. The Labute approximate surface area is 103 Å². The van der Waals surface area contributed by atoms with Crippen LogP contribution in [-0.2, 0) is 9.53 Å². The predicted octanol–water partition coefficient (Wildman–Crippen LogP) is 1.76. The van der Waals surface area contributed by atoms with E-state index in [-0.39, 0.29) is 11.3 Å². The number of aliphatic hydroxyl groups is 1. The Morgan fingerprint density at radius 1 is 1.47 bits per heavy atom. The molecule has 0 fully saturated rings. The second-order valence-electron chi connectivity index (χ2n) is 3.16. The van der Waals surface area contributed by atoms with E-state index in [0.29, 0.717) is 4.90 Å². The maximum absolute atomic E-state index is 13.3. The van der Waals surface area contributed by atoms with Gasteiger partial charge < -0.3 is 14.6 Å².